The van der Waals surface area contributed by atoms with Crippen molar-refractivity contribution in [3.63, 3.8) is 0 Å². The Balaban J connectivity index is 1.98. The van der Waals surface area contributed by atoms with Crippen LogP contribution < -0.4 is 0 Å². The third kappa shape index (κ3) is 4.27. The lowest BCUT2D eigenvalue weighted by Crippen LogP contribution is -2.34. The van der Waals surface area contributed by atoms with Gasteiger partial charge in [-0.25, -0.2) is 4.79 Å². The van der Waals surface area contributed by atoms with Crippen LogP contribution in [-0.4, -0.2) is 29.7 Å². The van der Waals surface area contributed by atoms with Crippen LogP contribution in [0.2, 0.25) is 5.02 Å². The van der Waals surface area contributed by atoms with Crippen molar-refractivity contribution in [2.24, 2.45) is 0 Å². The molecule has 1 aliphatic heterocycles. The Hall–Kier alpha value is -1.48. The van der Waals surface area contributed by atoms with Crippen LogP contribution in [0.1, 0.15) is 32.8 Å². The number of nitrogens with zero attached hydrogens (tertiary/aromatic N) is 1. The zero-order valence-corrected chi connectivity index (χ0v) is 12.9. The molecule has 108 valence electrons. The highest BCUT2D eigenvalue weighted by atomic mass is 35.5. The molecule has 3 nitrogen and oxygen atoms in total. The minimum atomic E-state index is -0.445. The maximum atomic E-state index is 12.0. The van der Waals surface area contributed by atoms with Gasteiger partial charge in [-0.15, -0.1) is 0 Å². The van der Waals surface area contributed by atoms with Gasteiger partial charge in [0, 0.05) is 18.1 Å². The summed E-state index contributed by atoms with van der Waals surface area (Å²) in [5.74, 6) is 0. The number of hydrogen-bond donors (Lipinski definition) is 0. The van der Waals surface area contributed by atoms with E-state index in [9.17, 15) is 4.79 Å². The molecule has 0 bridgehead atoms. The maximum Gasteiger partial charge on any atom is 0.410 e. The fourth-order valence-corrected chi connectivity index (χ4v) is 2.20. The predicted molar refractivity (Wildman–Crippen MR) is 81.9 cm³/mol. The molecule has 1 aromatic carbocycles. The van der Waals surface area contributed by atoms with E-state index < -0.39 is 5.60 Å². The van der Waals surface area contributed by atoms with Crippen molar-refractivity contribution in [2.45, 2.75) is 32.8 Å². The predicted octanol–water partition coefficient (Wildman–Crippen LogP) is 4.36. The van der Waals surface area contributed by atoms with Gasteiger partial charge in [0.25, 0.3) is 0 Å². The van der Waals surface area contributed by atoms with Crippen LogP contribution in [-0.2, 0) is 4.74 Å². The number of carbonyl (C=O) groups excluding carboxylic acids is 1. The van der Waals surface area contributed by atoms with Crippen LogP contribution in [0.5, 0.6) is 0 Å². The van der Waals surface area contributed by atoms with Crippen molar-refractivity contribution in [3.8, 4) is 0 Å². The molecule has 1 aromatic rings. The van der Waals surface area contributed by atoms with Gasteiger partial charge in [0.05, 0.1) is 0 Å². The van der Waals surface area contributed by atoms with E-state index in [1.165, 1.54) is 5.57 Å². The molecule has 2 rings (SSSR count). The molecule has 0 atom stereocenters. The molecule has 1 fully saturated rings. The Labute approximate surface area is 125 Å². The van der Waals surface area contributed by atoms with Crippen molar-refractivity contribution >= 4 is 23.8 Å². The largest absolute Gasteiger partial charge is 0.444 e. The molecule has 0 saturated carbocycles. The van der Waals surface area contributed by atoms with E-state index in [1.54, 1.807) is 4.90 Å². The second kappa shape index (κ2) is 5.88. The molecule has 1 saturated heterocycles. The first-order valence-electron chi connectivity index (χ1n) is 6.76. The fourth-order valence-electron chi connectivity index (χ4n) is 2.08. The van der Waals surface area contributed by atoms with Crippen LogP contribution >= 0.6 is 11.6 Å². The molecule has 20 heavy (non-hydrogen) atoms. The van der Waals surface area contributed by atoms with Crippen molar-refractivity contribution < 1.29 is 9.53 Å². The van der Waals surface area contributed by atoms with Crippen molar-refractivity contribution in [3.05, 3.63) is 40.4 Å². The Morgan fingerprint density at radius 2 is 1.95 bits per heavy atom. The van der Waals surface area contributed by atoms with Crippen molar-refractivity contribution in [2.75, 3.05) is 13.1 Å². The van der Waals surface area contributed by atoms with Crippen molar-refractivity contribution in [1.82, 2.24) is 4.90 Å². The number of likely N-dealkylation sites (tertiary alicyclic amines) is 1. The number of carbonyl (C=O) groups is 1. The van der Waals surface area contributed by atoms with Gasteiger partial charge in [0.15, 0.2) is 0 Å². The SMILES string of the molecule is CC(C)(C)OC(=O)N1CCC(=Cc2ccc(Cl)cc2)C1. The molecule has 0 spiro atoms. The standard InChI is InChI=1S/C16H20ClNO2/c1-16(2,3)20-15(19)18-9-8-13(11-18)10-12-4-6-14(17)7-5-12/h4-7,10H,8-9,11H2,1-3H3. The van der Waals surface area contributed by atoms with E-state index in [4.69, 9.17) is 16.3 Å². The molecule has 1 heterocycles. The van der Waals surface area contributed by atoms with Gasteiger partial charge in [0.1, 0.15) is 5.60 Å². The highest BCUT2D eigenvalue weighted by molar-refractivity contribution is 6.30. The molecule has 1 aliphatic rings. The van der Waals surface area contributed by atoms with Crippen LogP contribution in [0.25, 0.3) is 6.08 Å². The summed E-state index contributed by atoms with van der Waals surface area (Å²) >= 11 is 5.86. The summed E-state index contributed by atoms with van der Waals surface area (Å²) < 4.78 is 5.38. The first kappa shape index (κ1) is 14.9. The van der Waals surface area contributed by atoms with E-state index in [-0.39, 0.29) is 6.09 Å². The van der Waals surface area contributed by atoms with E-state index in [2.05, 4.69) is 6.08 Å². The van der Waals surface area contributed by atoms with E-state index >= 15 is 0 Å². The lowest BCUT2D eigenvalue weighted by Gasteiger charge is -2.23. The summed E-state index contributed by atoms with van der Waals surface area (Å²) in [4.78, 5) is 13.7. The summed E-state index contributed by atoms with van der Waals surface area (Å²) in [5, 5.41) is 0.731. The quantitative estimate of drug-likeness (QED) is 0.770. The topological polar surface area (TPSA) is 29.5 Å². The lowest BCUT2D eigenvalue weighted by molar-refractivity contribution is 0.0299. The van der Waals surface area contributed by atoms with Gasteiger partial charge in [0.2, 0.25) is 0 Å². The first-order valence-corrected chi connectivity index (χ1v) is 7.14. The van der Waals surface area contributed by atoms with Gasteiger partial charge in [-0.2, -0.15) is 0 Å². The number of rotatable bonds is 1. The zero-order valence-electron chi connectivity index (χ0n) is 12.1. The average molecular weight is 294 g/mol. The van der Waals surface area contributed by atoms with Crippen LogP contribution in [0, 0.1) is 0 Å². The number of halogens is 1. The van der Waals surface area contributed by atoms with E-state index in [1.807, 2.05) is 45.0 Å². The normalized spacial score (nSPS) is 17.6. The Bertz CT molecular complexity index is 514. The fraction of sp³-hybridized carbons (Fsp3) is 0.438. The molecule has 0 N–H and O–H groups in total. The molecule has 1 amide bonds. The Morgan fingerprint density at radius 1 is 1.30 bits per heavy atom. The Kier molecular flexibility index (Phi) is 4.39. The number of benzene rings is 1. The Morgan fingerprint density at radius 3 is 2.55 bits per heavy atom. The van der Waals surface area contributed by atoms with Crippen LogP contribution in [0.15, 0.2) is 29.8 Å². The molecular formula is C16H20ClNO2. The van der Waals surface area contributed by atoms with E-state index in [0.29, 0.717) is 13.1 Å². The average Bonchev–Trinajstić information content (AvgIpc) is 2.79. The lowest BCUT2D eigenvalue weighted by atomic mass is 10.1. The minimum Gasteiger partial charge on any atom is -0.444 e. The number of amides is 1. The third-order valence-electron chi connectivity index (χ3n) is 2.99. The van der Waals surface area contributed by atoms with E-state index in [0.717, 1.165) is 17.0 Å². The monoisotopic (exact) mass is 293 g/mol. The highest BCUT2D eigenvalue weighted by Gasteiger charge is 2.26. The summed E-state index contributed by atoms with van der Waals surface area (Å²) in [7, 11) is 0. The van der Waals surface area contributed by atoms with Crippen molar-refractivity contribution in [1.29, 1.82) is 0 Å². The maximum absolute atomic E-state index is 12.0. The first-order chi connectivity index (χ1) is 9.33. The summed E-state index contributed by atoms with van der Waals surface area (Å²) in [5.41, 5.74) is 1.90. The van der Waals surface area contributed by atoms with Gasteiger partial charge < -0.3 is 9.64 Å². The molecule has 0 unspecified atom stereocenters. The molecular weight excluding hydrogens is 274 g/mol. The van der Waals surface area contributed by atoms with Crippen LogP contribution in [0.3, 0.4) is 0 Å². The second-order valence-electron chi connectivity index (χ2n) is 6.01. The summed E-state index contributed by atoms with van der Waals surface area (Å²) in [6, 6.07) is 7.69. The molecule has 4 heteroatoms. The molecule has 0 radical (unpaired) electrons. The van der Waals surface area contributed by atoms with Gasteiger partial charge in [-0.3, -0.25) is 0 Å². The molecule has 0 aromatic heterocycles. The van der Waals surface area contributed by atoms with Gasteiger partial charge in [-0.05, 0) is 50.5 Å². The van der Waals surface area contributed by atoms with Crippen LogP contribution in [0.4, 0.5) is 4.79 Å². The second-order valence-corrected chi connectivity index (χ2v) is 6.44. The zero-order chi connectivity index (χ0) is 14.8. The van der Waals surface area contributed by atoms with Gasteiger partial charge in [-0.1, -0.05) is 29.8 Å². The summed E-state index contributed by atoms with van der Waals surface area (Å²) in [6.07, 6.45) is 2.76. The molecule has 0 aliphatic carbocycles. The number of ether oxygens (including phenoxy) is 1. The number of hydrogen-bond acceptors (Lipinski definition) is 2. The van der Waals surface area contributed by atoms with Gasteiger partial charge >= 0.3 is 6.09 Å². The smallest absolute Gasteiger partial charge is 0.410 e. The summed E-state index contributed by atoms with van der Waals surface area (Å²) in [6.45, 7) is 6.99. The third-order valence-corrected chi connectivity index (χ3v) is 3.24. The minimum absolute atomic E-state index is 0.239. The highest BCUT2D eigenvalue weighted by Crippen LogP contribution is 2.21.